The molecule has 0 saturated carbocycles. The van der Waals surface area contributed by atoms with E-state index in [-0.39, 0.29) is 5.91 Å². The van der Waals surface area contributed by atoms with Crippen LogP contribution in [0, 0.1) is 0 Å². The number of benzene rings is 1. The van der Waals surface area contributed by atoms with E-state index in [9.17, 15) is 4.79 Å². The summed E-state index contributed by atoms with van der Waals surface area (Å²) in [4.78, 5) is 18.2. The molecular weight excluding hydrogens is 228 g/mol. The van der Waals surface area contributed by atoms with Crippen LogP contribution in [0.1, 0.15) is 16.1 Å². The summed E-state index contributed by atoms with van der Waals surface area (Å²) in [5.41, 5.74) is 9.03. The van der Waals surface area contributed by atoms with Gasteiger partial charge in [0.1, 0.15) is 5.69 Å². The third-order valence-electron chi connectivity index (χ3n) is 3.17. The van der Waals surface area contributed by atoms with Crippen molar-refractivity contribution in [2.24, 2.45) is 7.05 Å². The molecule has 92 valence electrons. The summed E-state index contributed by atoms with van der Waals surface area (Å²) in [5, 5.41) is 0. The summed E-state index contributed by atoms with van der Waals surface area (Å²) in [6.45, 7) is 0.689. The number of carbonyl (C=O) groups is 1. The number of aromatic nitrogens is 2. The van der Waals surface area contributed by atoms with Crippen LogP contribution in [0.3, 0.4) is 0 Å². The molecule has 0 spiro atoms. The Balaban J connectivity index is 1.95. The molecule has 5 nitrogen and oxygen atoms in total. The highest BCUT2D eigenvalue weighted by molar-refractivity contribution is 6.06. The molecule has 2 N–H and O–H groups in total. The van der Waals surface area contributed by atoms with Gasteiger partial charge in [-0.2, -0.15) is 0 Å². The minimum absolute atomic E-state index is 0.0564. The molecule has 1 amide bonds. The molecule has 0 fully saturated rings. The molecule has 2 aromatic rings. The molecule has 2 heterocycles. The molecule has 1 aliphatic rings. The predicted molar refractivity (Wildman–Crippen MR) is 69.4 cm³/mol. The Hall–Kier alpha value is -2.30. The molecule has 18 heavy (non-hydrogen) atoms. The Morgan fingerprint density at radius 2 is 2.28 bits per heavy atom. The van der Waals surface area contributed by atoms with Crippen LogP contribution in [0.25, 0.3) is 0 Å². The Kier molecular flexibility index (Phi) is 2.33. The van der Waals surface area contributed by atoms with Gasteiger partial charge < -0.3 is 15.2 Å². The van der Waals surface area contributed by atoms with Gasteiger partial charge in [-0.3, -0.25) is 4.79 Å². The molecule has 1 aromatic carbocycles. The van der Waals surface area contributed by atoms with E-state index in [2.05, 4.69) is 4.98 Å². The molecular formula is C13H14N4O. The number of carbonyl (C=O) groups excluding carboxylic acids is 1. The van der Waals surface area contributed by atoms with Crippen LogP contribution in [-0.4, -0.2) is 22.0 Å². The number of aryl methyl sites for hydroxylation is 1. The fourth-order valence-electron chi connectivity index (χ4n) is 2.29. The number of amides is 1. The maximum Gasteiger partial charge on any atom is 0.278 e. The molecule has 1 aromatic heterocycles. The fraction of sp³-hybridized carbons (Fsp3) is 0.231. The van der Waals surface area contributed by atoms with Gasteiger partial charge in [-0.15, -0.1) is 0 Å². The average molecular weight is 242 g/mol. The van der Waals surface area contributed by atoms with E-state index < -0.39 is 0 Å². The van der Waals surface area contributed by atoms with Crippen molar-refractivity contribution >= 4 is 17.3 Å². The van der Waals surface area contributed by atoms with Crippen molar-refractivity contribution in [3.05, 3.63) is 42.0 Å². The third kappa shape index (κ3) is 1.64. The van der Waals surface area contributed by atoms with Gasteiger partial charge in [-0.25, -0.2) is 4.98 Å². The van der Waals surface area contributed by atoms with E-state index in [4.69, 9.17) is 5.73 Å². The summed E-state index contributed by atoms with van der Waals surface area (Å²) in [7, 11) is 1.85. The smallest absolute Gasteiger partial charge is 0.278 e. The number of anilines is 2. The molecule has 0 bridgehead atoms. The van der Waals surface area contributed by atoms with E-state index in [1.54, 1.807) is 22.0 Å². The second-order valence-corrected chi connectivity index (χ2v) is 4.52. The lowest BCUT2D eigenvalue weighted by molar-refractivity contribution is 0.0985. The van der Waals surface area contributed by atoms with Gasteiger partial charge in [0.05, 0.1) is 6.33 Å². The average Bonchev–Trinajstić information content (AvgIpc) is 2.94. The van der Waals surface area contributed by atoms with Crippen molar-refractivity contribution in [2.75, 3.05) is 17.2 Å². The molecule has 0 saturated heterocycles. The second-order valence-electron chi connectivity index (χ2n) is 4.52. The standard InChI is InChI=1S/C13H14N4O/c1-16-7-11(15-8-16)13(18)17-5-4-9-6-10(14)2-3-12(9)17/h2-3,6-8H,4-5,14H2,1H3. The highest BCUT2D eigenvalue weighted by atomic mass is 16.2. The fourth-order valence-corrected chi connectivity index (χ4v) is 2.29. The summed E-state index contributed by atoms with van der Waals surface area (Å²) < 4.78 is 1.77. The van der Waals surface area contributed by atoms with Gasteiger partial charge >= 0.3 is 0 Å². The van der Waals surface area contributed by atoms with E-state index in [0.717, 1.165) is 23.4 Å². The lowest BCUT2D eigenvalue weighted by Gasteiger charge is -2.15. The molecule has 3 rings (SSSR count). The first-order valence-electron chi connectivity index (χ1n) is 5.83. The molecule has 5 heteroatoms. The first kappa shape index (κ1) is 10.8. The lowest BCUT2D eigenvalue weighted by atomic mass is 10.1. The summed E-state index contributed by atoms with van der Waals surface area (Å²) >= 11 is 0. The number of rotatable bonds is 1. The Morgan fingerprint density at radius 1 is 1.44 bits per heavy atom. The van der Waals surface area contributed by atoms with Gasteiger partial charge in [0.25, 0.3) is 5.91 Å². The van der Waals surface area contributed by atoms with Crippen molar-refractivity contribution in [2.45, 2.75) is 6.42 Å². The molecule has 0 radical (unpaired) electrons. The SMILES string of the molecule is Cn1cnc(C(=O)N2CCc3cc(N)ccc32)c1. The van der Waals surface area contributed by atoms with Crippen molar-refractivity contribution in [1.29, 1.82) is 0 Å². The molecule has 0 unspecified atom stereocenters. The largest absolute Gasteiger partial charge is 0.399 e. The van der Waals surface area contributed by atoms with E-state index in [1.807, 2.05) is 25.2 Å². The zero-order chi connectivity index (χ0) is 12.7. The third-order valence-corrected chi connectivity index (χ3v) is 3.17. The quantitative estimate of drug-likeness (QED) is 0.764. The molecule has 1 aliphatic heterocycles. The first-order chi connectivity index (χ1) is 8.65. The van der Waals surface area contributed by atoms with Gasteiger partial charge in [0, 0.05) is 31.2 Å². The minimum atomic E-state index is -0.0564. The van der Waals surface area contributed by atoms with Crippen molar-refractivity contribution < 1.29 is 4.79 Å². The normalized spacial score (nSPS) is 13.7. The van der Waals surface area contributed by atoms with Crippen LogP contribution in [-0.2, 0) is 13.5 Å². The van der Waals surface area contributed by atoms with Crippen LogP contribution < -0.4 is 10.6 Å². The van der Waals surface area contributed by atoms with Crippen LogP contribution in [0.2, 0.25) is 0 Å². The monoisotopic (exact) mass is 242 g/mol. The van der Waals surface area contributed by atoms with Gasteiger partial charge in [0.15, 0.2) is 0 Å². The number of imidazole rings is 1. The van der Waals surface area contributed by atoms with Crippen LogP contribution >= 0.6 is 0 Å². The van der Waals surface area contributed by atoms with Crippen molar-refractivity contribution in [1.82, 2.24) is 9.55 Å². The number of hydrogen-bond acceptors (Lipinski definition) is 3. The number of nitrogen functional groups attached to an aromatic ring is 1. The van der Waals surface area contributed by atoms with Crippen LogP contribution in [0.15, 0.2) is 30.7 Å². The second kappa shape index (κ2) is 3.87. The maximum absolute atomic E-state index is 12.3. The first-order valence-corrected chi connectivity index (χ1v) is 5.83. The van der Waals surface area contributed by atoms with Gasteiger partial charge in [-0.1, -0.05) is 0 Å². The summed E-state index contributed by atoms with van der Waals surface area (Å²) in [5.74, 6) is -0.0564. The maximum atomic E-state index is 12.3. The van der Waals surface area contributed by atoms with E-state index >= 15 is 0 Å². The topological polar surface area (TPSA) is 64.2 Å². The van der Waals surface area contributed by atoms with E-state index in [0.29, 0.717) is 12.2 Å². The highest BCUT2D eigenvalue weighted by Crippen LogP contribution is 2.30. The minimum Gasteiger partial charge on any atom is -0.399 e. The number of fused-ring (bicyclic) bond motifs is 1. The van der Waals surface area contributed by atoms with Gasteiger partial charge in [0.2, 0.25) is 0 Å². The highest BCUT2D eigenvalue weighted by Gasteiger charge is 2.26. The number of hydrogen-bond donors (Lipinski definition) is 1. The molecule has 0 aliphatic carbocycles. The van der Waals surface area contributed by atoms with Gasteiger partial charge in [-0.05, 0) is 30.2 Å². The Labute approximate surface area is 105 Å². The lowest BCUT2D eigenvalue weighted by Crippen LogP contribution is -2.29. The summed E-state index contributed by atoms with van der Waals surface area (Å²) in [6.07, 6.45) is 4.21. The zero-order valence-corrected chi connectivity index (χ0v) is 10.1. The number of nitrogens with zero attached hydrogens (tertiary/aromatic N) is 3. The Morgan fingerprint density at radius 3 is 3.00 bits per heavy atom. The predicted octanol–water partition coefficient (Wildman–Crippen LogP) is 1.21. The number of nitrogens with two attached hydrogens (primary N) is 1. The molecule has 0 atom stereocenters. The Bertz CT molecular complexity index is 617. The van der Waals surface area contributed by atoms with E-state index in [1.165, 1.54) is 0 Å². The van der Waals surface area contributed by atoms with Crippen LogP contribution in [0.5, 0.6) is 0 Å². The van der Waals surface area contributed by atoms with Crippen molar-refractivity contribution in [3.8, 4) is 0 Å². The van der Waals surface area contributed by atoms with Crippen molar-refractivity contribution in [3.63, 3.8) is 0 Å². The van der Waals surface area contributed by atoms with Crippen LogP contribution in [0.4, 0.5) is 11.4 Å². The zero-order valence-electron chi connectivity index (χ0n) is 10.1. The summed E-state index contributed by atoms with van der Waals surface area (Å²) in [6, 6.07) is 5.66.